The summed E-state index contributed by atoms with van der Waals surface area (Å²) in [4.78, 5) is 15.9. The van der Waals surface area contributed by atoms with Gasteiger partial charge in [0.15, 0.2) is 0 Å². The molecule has 0 spiro atoms. The lowest BCUT2D eigenvalue weighted by Crippen LogP contribution is -2.36. The van der Waals surface area contributed by atoms with Gasteiger partial charge in [0.25, 0.3) is 5.91 Å². The number of hydrogen-bond donors (Lipinski definition) is 3. The van der Waals surface area contributed by atoms with E-state index in [-0.39, 0.29) is 0 Å². The number of amides is 1. The van der Waals surface area contributed by atoms with Crippen molar-refractivity contribution in [1.82, 2.24) is 4.98 Å². The van der Waals surface area contributed by atoms with Crippen LogP contribution in [-0.4, -0.2) is 21.6 Å². The maximum absolute atomic E-state index is 11.7. The van der Waals surface area contributed by atoms with Crippen molar-refractivity contribution in [2.45, 2.75) is 19.4 Å². The Balaban J connectivity index is 2.01. The summed E-state index contributed by atoms with van der Waals surface area (Å²) in [6.07, 6.45) is 1.52. The number of benzene rings is 1. The van der Waals surface area contributed by atoms with Gasteiger partial charge in [-0.15, -0.1) is 0 Å². The fourth-order valence-electron chi connectivity index (χ4n) is 1.69. The molecule has 0 atom stereocenters. The lowest BCUT2D eigenvalue weighted by molar-refractivity contribution is -0.130. The zero-order valence-corrected chi connectivity index (χ0v) is 12.6. The lowest BCUT2D eigenvalue weighted by Gasteiger charge is -2.16. The second-order valence-electron chi connectivity index (χ2n) is 5.41. The summed E-state index contributed by atoms with van der Waals surface area (Å²) < 4.78 is 0. The van der Waals surface area contributed by atoms with Gasteiger partial charge in [-0.25, -0.2) is 4.98 Å². The average molecular weight is 297 g/mol. The first-order valence-electron chi connectivity index (χ1n) is 6.87. The molecule has 5 nitrogen and oxygen atoms in total. The number of hydrogen-bond acceptors (Lipinski definition) is 4. The first-order chi connectivity index (χ1) is 10.4. The Hall–Kier alpha value is -2.66. The molecule has 0 aliphatic carbocycles. The van der Waals surface area contributed by atoms with Crippen molar-refractivity contribution in [3.8, 4) is 0 Å². The second kappa shape index (κ2) is 6.41. The number of anilines is 2. The predicted octanol–water partition coefficient (Wildman–Crippen LogP) is 2.87. The molecule has 0 aliphatic rings. The van der Waals surface area contributed by atoms with Crippen molar-refractivity contribution in [3.63, 3.8) is 0 Å². The number of nitrogens with one attached hydrogen (secondary N) is 2. The SMILES string of the molecule is C=C(Nc1ccc(NC(=O)C(C)(C)O)cn1)c1ccccc1. The molecule has 1 amide bonds. The van der Waals surface area contributed by atoms with Crippen LogP contribution in [0.4, 0.5) is 11.5 Å². The summed E-state index contributed by atoms with van der Waals surface area (Å²) >= 11 is 0. The molecule has 0 radical (unpaired) electrons. The molecule has 0 saturated heterocycles. The molecule has 2 aromatic rings. The highest BCUT2D eigenvalue weighted by Gasteiger charge is 2.23. The minimum absolute atomic E-state index is 0.483. The van der Waals surface area contributed by atoms with Crippen LogP contribution in [0.3, 0.4) is 0 Å². The summed E-state index contributed by atoms with van der Waals surface area (Å²) in [7, 11) is 0. The van der Waals surface area contributed by atoms with Crippen LogP contribution in [0.25, 0.3) is 5.70 Å². The topological polar surface area (TPSA) is 74.2 Å². The van der Waals surface area contributed by atoms with Crippen LogP contribution in [0.5, 0.6) is 0 Å². The summed E-state index contributed by atoms with van der Waals surface area (Å²) in [6.45, 7) is 6.82. The van der Waals surface area contributed by atoms with Gasteiger partial charge in [-0.2, -0.15) is 0 Å². The molecule has 2 rings (SSSR count). The largest absolute Gasteiger partial charge is 0.381 e. The van der Waals surface area contributed by atoms with Crippen molar-refractivity contribution in [2.24, 2.45) is 0 Å². The second-order valence-corrected chi connectivity index (χ2v) is 5.41. The maximum Gasteiger partial charge on any atom is 0.255 e. The van der Waals surface area contributed by atoms with E-state index < -0.39 is 11.5 Å². The number of aromatic nitrogens is 1. The van der Waals surface area contributed by atoms with Crippen LogP contribution in [0.1, 0.15) is 19.4 Å². The van der Waals surface area contributed by atoms with Gasteiger partial charge in [0.05, 0.1) is 11.9 Å². The smallest absolute Gasteiger partial charge is 0.255 e. The van der Waals surface area contributed by atoms with Crippen molar-refractivity contribution in [3.05, 3.63) is 60.8 Å². The van der Waals surface area contributed by atoms with E-state index in [4.69, 9.17) is 0 Å². The van der Waals surface area contributed by atoms with Gasteiger partial charge < -0.3 is 15.7 Å². The summed E-state index contributed by atoms with van der Waals surface area (Å²) in [5.41, 5.74) is 0.798. The Labute approximate surface area is 129 Å². The Morgan fingerprint density at radius 1 is 1.14 bits per heavy atom. The number of pyridine rings is 1. The fraction of sp³-hybridized carbons (Fsp3) is 0.176. The first kappa shape index (κ1) is 15.7. The Kier molecular flexibility index (Phi) is 4.58. The number of aliphatic hydroxyl groups is 1. The molecule has 22 heavy (non-hydrogen) atoms. The van der Waals surface area contributed by atoms with Crippen molar-refractivity contribution in [1.29, 1.82) is 0 Å². The van der Waals surface area contributed by atoms with Gasteiger partial charge in [-0.3, -0.25) is 4.79 Å². The van der Waals surface area contributed by atoms with Crippen LogP contribution in [0.2, 0.25) is 0 Å². The highest BCUT2D eigenvalue weighted by atomic mass is 16.3. The standard InChI is InChI=1S/C17H19N3O2/c1-12(13-7-5-4-6-8-13)19-15-10-9-14(11-18-15)20-16(21)17(2,3)22/h4-11,22H,1H2,2-3H3,(H,18,19)(H,20,21). The molecular formula is C17H19N3O2. The minimum Gasteiger partial charge on any atom is -0.381 e. The van der Waals surface area contributed by atoms with E-state index in [1.165, 1.54) is 20.0 Å². The molecule has 0 fully saturated rings. The molecule has 0 aliphatic heterocycles. The van der Waals surface area contributed by atoms with E-state index in [0.717, 1.165) is 11.3 Å². The number of carbonyl (C=O) groups is 1. The van der Waals surface area contributed by atoms with Gasteiger partial charge in [-0.1, -0.05) is 36.9 Å². The lowest BCUT2D eigenvalue weighted by atomic mass is 10.1. The number of nitrogens with zero attached hydrogens (tertiary/aromatic N) is 1. The Bertz CT molecular complexity index is 659. The molecule has 0 bridgehead atoms. The van der Waals surface area contributed by atoms with E-state index in [1.54, 1.807) is 12.1 Å². The van der Waals surface area contributed by atoms with E-state index in [2.05, 4.69) is 22.2 Å². The normalized spacial score (nSPS) is 10.9. The molecule has 3 N–H and O–H groups in total. The number of carbonyl (C=O) groups excluding carboxylic acids is 1. The van der Waals surface area contributed by atoms with Crippen LogP contribution in [0, 0.1) is 0 Å². The summed E-state index contributed by atoms with van der Waals surface area (Å²) in [6, 6.07) is 13.1. The van der Waals surface area contributed by atoms with Gasteiger partial charge in [0, 0.05) is 5.70 Å². The van der Waals surface area contributed by atoms with Gasteiger partial charge in [0.1, 0.15) is 11.4 Å². The Morgan fingerprint density at radius 2 is 1.82 bits per heavy atom. The van der Waals surface area contributed by atoms with Gasteiger partial charge >= 0.3 is 0 Å². The average Bonchev–Trinajstić information content (AvgIpc) is 2.49. The van der Waals surface area contributed by atoms with Crippen molar-refractivity contribution < 1.29 is 9.90 Å². The molecule has 1 aromatic carbocycles. The third-order valence-electron chi connectivity index (χ3n) is 2.98. The zero-order valence-electron chi connectivity index (χ0n) is 12.6. The third-order valence-corrected chi connectivity index (χ3v) is 2.98. The van der Waals surface area contributed by atoms with E-state index in [9.17, 15) is 9.90 Å². The maximum atomic E-state index is 11.7. The van der Waals surface area contributed by atoms with Crippen LogP contribution in [-0.2, 0) is 4.79 Å². The molecule has 1 heterocycles. The molecular weight excluding hydrogens is 278 g/mol. The van der Waals surface area contributed by atoms with Gasteiger partial charge in [-0.05, 0) is 31.5 Å². The monoisotopic (exact) mass is 297 g/mol. The summed E-state index contributed by atoms with van der Waals surface area (Å²) in [5.74, 6) is 0.138. The quantitative estimate of drug-likeness (QED) is 0.793. The fourth-order valence-corrected chi connectivity index (χ4v) is 1.69. The highest BCUT2D eigenvalue weighted by molar-refractivity contribution is 5.96. The van der Waals surface area contributed by atoms with Crippen molar-refractivity contribution in [2.75, 3.05) is 10.6 Å². The third kappa shape index (κ3) is 4.17. The molecule has 0 unspecified atom stereocenters. The molecule has 1 aromatic heterocycles. The summed E-state index contributed by atoms with van der Waals surface area (Å²) in [5, 5.41) is 15.3. The van der Waals surface area contributed by atoms with E-state index >= 15 is 0 Å². The zero-order chi connectivity index (χ0) is 16.2. The van der Waals surface area contributed by atoms with E-state index in [1.807, 2.05) is 30.3 Å². The van der Waals surface area contributed by atoms with Crippen LogP contribution >= 0.6 is 0 Å². The molecule has 5 heteroatoms. The molecule has 0 saturated carbocycles. The van der Waals surface area contributed by atoms with E-state index in [0.29, 0.717) is 11.5 Å². The predicted molar refractivity (Wildman–Crippen MR) is 88.3 cm³/mol. The van der Waals surface area contributed by atoms with Crippen LogP contribution < -0.4 is 10.6 Å². The Morgan fingerprint density at radius 3 is 2.36 bits per heavy atom. The van der Waals surface area contributed by atoms with Crippen LogP contribution in [0.15, 0.2) is 55.2 Å². The van der Waals surface area contributed by atoms with Crippen molar-refractivity contribution >= 4 is 23.1 Å². The molecule has 114 valence electrons. The first-order valence-corrected chi connectivity index (χ1v) is 6.87. The van der Waals surface area contributed by atoms with Gasteiger partial charge in [0.2, 0.25) is 0 Å². The minimum atomic E-state index is -1.43. The number of rotatable bonds is 5. The highest BCUT2D eigenvalue weighted by Crippen LogP contribution is 2.17.